The number of halogens is 1. The summed E-state index contributed by atoms with van der Waals surface area (Å²) in [5.41, 5.74) is 1.90. The van der Waals surface area contributed by atoms with Crippen molar-refractivity contribution < 1.29 is 9.32 Å². The van der Waals surface area contributed by atoms with E-state index >= 15 is 0 Å². The van der Waals surface area contributed by atoms with E-state index in [9.17, 15) is 4.79 Å². The third-order valence-electron chi connectivity index (χ3n) is 3.04. The van der Waals surface area contributed by atoms with Crippen LogP contribution >= 0.6 is 15.9 Å². The van der Waals surface area contributed by atoms with Crippen LogP contribution in [0.15, 0.2) is 27.2 Å². The Hall–Kier alpha value is -1.69. The normalized spacial score (nSPS) is 10.7. The molecule has 1 amide bonds. The van der Waals surface area contributed by atoms with Gasteiger partial charge < -0.3 is 9.84 Å². The highest BCUT2D eigenvalue weighted by molar-refractivity contribution is 9.10. The van der Waals surface area contributed by atoms with Crippen molar-refractivity contribution in [2.45, 2.75) is 53.5 Å². The van der Waals surface area contributed by atoms with Crippen LogP contribution in [-0.4, -0.2) is 16.0 Å². The highest BCUT2D eigenvalue weighted by atomic mass is 79.9. The van der Waals surface area contributed by atoms with E-state index in [4.69, 9.17) is 4.52 Å². The second-order valence-corrected chi connectivity index (χ2v) is 6.84. The molecular weight excluding hydrogens is 358 g/mol. The summed E-state index contributed by atoms with van der Waals surface area (Å²) in [5, 5.41) is 6.63. The molecule has 23 heavy (non-hydrogen) atoms. The van der Waals surface area contributed by atoms with Crippen LogP contribution in [0.3, 0.4) is 0 Å². The Kier molecular flexibility index (Phi) is 6.94. The van der Waals surface area contributed by atoms with Crippen LogP contribution in [0.5, 0.6) is 0 Å². The van der Waals surface area contributed by atoms with Gasteiger partial charge in [0.25, 0.3) is 0 Å². The Bertz CT molecular complexity index is 660. The number of hydrogen-bond acceptors (Lipinski definition) is 4. The highest BCUT2D eigenvalue weighted by Crippen LogP contribution is 2.18. The number of carbonyl (C=O) groups excluding carboxylic acids is 1. The van der Waals surface area contributed by atoms with Crippen molar-refractivity contribution in [1.82, 2.24) is 15.5 Å². The number of hydrogen-bond donors (Lipinski definition) is 1. The molecule has 1 aromatic heterocycles. The second-order valence-electron chi connectivity index (χ2n) is 5.93. The van der Waals surface area contributed by atoms with E-state index in [1.54, 1.807) is 0 Å². The molecule has 126 valence electrons. The monoisotopic (exact) mass is 381 g/mol. The molecule has 6 heteroatoms. The first-order valence-electron chi connectivity index (χ1n) is 7.65. The van der Waals surface area contributed by atoms with E-state index < -0.39 is 0 Å². The zero-order chi connectivity index (χ0) is 17.6. The van der Waals surface area contributed by atoms with E-state index in [1.165, 1.54) is 0 Å². The summed E-state index contributed by atoms with van der Waals surface area (Å²) in [4.78, 5) is 16.2. The summed E-state index contributed by atoms with van der Waals surface area (Å²) in [6.07, 6.45) is 0. The van der Waals surface area contributed by atoms with Gasteiger partial charge in [-0.25, -0.2) is 0 Å². The van der Waals surface area contributed by atoms with E-state index in [0.29, 0.717) is 12.4 Å². The molecule has 2 rings (SSSR count). The molecule has 0 spiro atoms. The third-order valence-corrected chi connectivity index (χ3v) is 3.53. The Morgan fingerprint density at radius 3 is 2.48 bits per heavy atom. The zero-order valence-corrected chi connectivity index (χ0v) is 16.1. The van der Waals surface area contributed by atoms with Crippen molar-refractivity contribution in [3.8, 4) is 0 Å². The average Bonchev–Trinajstić information content (AvgIpc) is 2.98. The van der Waals surface area contributed by atoms with Crippen LogP contribution in [0.1, 0.15) is 62.3 Å². The predicted octanol–water partition coefficient (Wildman–Crippen LogP) is 4.39. The van der Waals surface area contributed by atoms with Gasteiger partial charge in [-0.1, -0.05) is 61.8 Å². The van der Waals surface area contributed by atoms with Gasteiger partial charge in [0.1, 0.15) is 0 Å². The Morgan fingerprint density at radius 1 is 1.30 bits per heavy atom. The largest absolute Gasteiger partial charge is 0.344 e. The molecule has 0 bridgehead atoms. The molecule has 0 aliphatic carbocycles. The van der Waals surface area contributed by atoms with Crippen LogP contribution in [0.4, 0.5) is 0 Å². The molecule has 0 atom stereocenters. The summed E-state index contributed by atoms with van der Waals surface area (Å²) < 4.78 is 6.03. The van der Waals surface area contributed by atoms with Gasteiger partial charge in [0.15, 0.2) is 5.82 Å². The Morgan fingerprint density at radius 2 is 1.96 bits per heavy atom. The fourth-order valence-corrected chi connectivity index (χ4v) is 2.20. The van der Waals surface area contributed by atoms with Crippen molar-refractivity contribution in [2.75, 3.05) is 0 Å². The minimum Gasteiger partial charge on any atom is -0.344 e. The van der Waals surface area contributed by atoms with Crippen LogP contribution in [0.2, 0.25) is 0 Å². The molecule has 0 radical (unpaired) electrons. The zero-order valence-electron chi connectivity index (χ0n) is 14.5. The summed E-state index contributed by atoms with van der Waals surface area (Å²) in [6, 6.07) is 5.92. The molecule has 0 aliphatic rings. The maximum absolute atomic E-state index is 12.0. The van der Waals surface area contributed by atoms with E-state index in [1.807, 2.05) is 59.7 Å². The molecule has 0 aliphatic heterocycles. The second kappa shape index (κ2) is 8.24. The molecule has 0 saturated heterocycles. The number of rotatable bonds is 3. The summed E-state index contributed by atoms with van der Waals surface area (Å²) in [5.74, 6) is 0.155. The van der Waals surface area contributed by atoms with Gasteiger partial charge in [-0.15, -0.1) is 0 Å². The van der Waals surface area contributed by atoms with Gasteiger partial charge in [0.05, 0.1) is 0 Å². The first-order chi connectivity index (χ1) is 10.8. The van der Waals surface area contributed by atoms with Crippen LogP contribution in [0.25, 0.3) is 0 Å². The summed E-state index contributed by atoms with van der Waals surface area (Å²) >= 11 is 3.41. The molecule has 0 unspecified atom stereocenters. The smallest absolute Gasteiger partial charge is 0.315 e. The van der Waals surface area contributed by atoms with Crippen molar-refractivity contribution in [2.24, 2.45) is 0 Å². The number of nitrogens with zero attached hydrogens (tertiary/aromatic N) is 2. The van der Waals surface area contributed by atoms with Gasteiger partial charge in [0, 0.05) is 16.4 Å². The van der Waals surface area contributed by atoms with E-state index in [0.717, 1.165) is 15.6 Å². The number of benzene rings is 1. The Labute approximate surface area is 146 Å². The van der Waals surface area contributed by atoms with Gasteiger partial charge in [-0.05, 0) is 30.2 Å². The molecule has 0 saturated carbocycles. The van der Waals surface area contributed by atoms with Gasteiger partial charge in [0.2, 0.25) is 0 Å². The number of aromatic nitrogens is 2. The highest BCUT2D eigenvalue weighted by Gasteiger charge is 2.23. The van der Waals surface area contributed by atoms with Crippen molar-refractivity contribution in [3.05, 3.63) is 45.5 Å². The fourth-order valence-electron chi connectivity index (χ4n) is 1.73. The lowest BCUT2D eigenvalue weighted by Gasteiger charge is -2.10. The maximum Gasteiger partial charge on any atom is 0.315 e. The molecular formula is C17H24BrN3O2. The first-order valence-corrected chi connectivity index (χ1v) is 8.44. The lowest BCUT2D eigenvalue weighted by molar-refractivity contribution is 0.0907. The number of amides is 1. The molecule has 2 aromatic rings. The molecule has 1 heterocycles. The van der Waals surface area contributed by atoms with E-state index in [-0.39, 0.29) is 17.2 Å². The molecule has 1 N–H and O–H groups in total. The topological polar surface area (TPSA) is 68.0 Å². The lowest BCUT2D eigenvalue weighted by atomic mass is 9.96. The SMILES string of the molecule is CC.Cc1cc(Br)ccc1CNC(=O)c1nc(C(C)(C)C)no1. The Balaban J connectivity index is 0.00000127. The number of nitrogens with one attached hydrogen (secondary N) is 1. The molecule has 1 aromatic carbocycles. The predicted molar refractivity (Wildman–Crippen MR) is 94.4 cm³/mol. The minimum atomic E-state index is -0.361. The van der Waals surface area contributed by atoms with Crippen molar-refractivity contribution in [3.63, 3.8) is 0 Å². The van der Waals surface area contributed by atoms with E-state index in [2.05, 4.69) is 31.4 Å². The molecule has 0 fully saturated rings. The number of carbonyl (C=O) groups is 1. The lowest BCUT2D eigenvalue weighted by Crippen LogP contribution is -2.24. The summed E-state index contributed by atoms with van der Waals surface area (Å²) in [6.45, 7) is 12.3. The average molecular weight is 382 g/mol. The molecule has 5 nitrogen and oxygen atoms in total. The number of aryl methyl sites for hydroxylation is 1. The maximum atomic E-state index is 12.0. The van der Waals surface area contributed by atoms with Crippen LogP contribution in [-0.2, 0) is 12.0 Å². The first kappa shape index (κ1) is 19.4. The van der Waals surface area contributed by atoms with Gasteiger partial charge >= 0.3 is 11.8 Å². The van der Waals surface area contributed by atoms with Crippen LogP contribution < -0.4 is 5.32 Å². The van der Waals surface area contributed by atoms with Crippen molar-refractivity contribution in [1.29, 1.82) is 0 Å². The minimum absolute atomic E-state index is 0.00492. The van der Waals surface area contributed by atoms with Crippen LogP contribution in [0, 0.1) is 6.92 Å². The quantitative estimate of drug-likeness (QED) is 0.855. The fraction of sp³-hybridized carbons (Fsp3) is 0.471. The van der Waals surface area contributed by atoms with Gasteiger partial charge in [-0.2, -0.15) is 4.98 Å². The van der Waals surface area contributed by atoms with Gasteiger partial charge in [-0.3, -0.25) is 4.79 Å². The standard InChI is InChI=1S/C15H18BrN3O2.C2H6/c1-9-7-11(16)6-5-10(9)8-17-12(20)13-18-14(19-21-13)15(2,3)4;1-2/h5-7H,8H2,1-4H3,(H,17,20);1-2H3. The van der Waals surface area contributed by atoms with Crippen molar-refractivity contribution >= 4 is 21.8 Å². The summed E-state index contributed by atoms with van der Waals surface area (Å²) in [7, 11) is 0. The third kappa shape index (κ3) is 5.46.